The number of hydrogen-bond acceptors (Lipinski definition) is 3. The van der Waals surface area contributed by atoms with Gasteiger partial charge in [-0.25, -0.2) is 9.78 Å². The highest BCUT2D eigenvalue weighted by Gasteiger charge is 2.11. The standard InChI is InChI=1S/C17H21N3O2/c1-4-6-7-8-9-14-15(19-17(21)22-5-2)10-11-20-12-13(3)18-16(14)20/h10-12H,4-7H2,1-3H3,(H,19,21). The van der Waals surface area contributed by atoms with E-state index in [1.807, 2.05) is 29.8 Å². The maximum atomic E-state index is 11.7. The maximum Gasteiger partial charge on any atom is 0.411 e. The van der Waals surface area contributed by atoms with E-state index in [4.69, 9.17) is 4.74 Å². The van der Waals surface area contributed by atoms with Gasteiger partial charge in [-0.15, -0.1) is 0 Å². The first-order chi connectivity index (χ1) is 10.7. The number of carbonyl (C=O) groups is 1. The molecule has 0 radical (unpaired) electrons. The molecule has 22 heavy (non-hydrogen) atoms. The third kappa shape index (κ3) is 3.79. The normalized spacial score (nSPS) is 10.1. The smallest absolute Gasteiger partial charge is 0.411 e. The second-order valence-corrected chi connectivity index (χ2v) is 4.97. The molecule has 0 atom stereocenters. The highest BCUT2D eigenvalue weighted by atomic mass is 16.5. The number of nitrogens with zero attached hydrogens (tertiary/aromatic N) is 2. The van der Waals surface area contributed by atoms with Crippen LogP contribution in [0.15, 0.2) is 18.5 Å². The number of anilines is 1. The summed E-state index contributed by atoms with van der Waals surface area (Å²) in [4.78, 5) is 16.2. The molecule has 2 heterocycles. The molecule has 0 fully saturated rings. The molecular weight excluding hydrogens is 278 g/mol. The van der Waals surface area contributed by atoms with E-state index < -0.39 is 6.09 Å². The van der Waals surface area contributed by atoms with E-state index in [-0.39, 0.29) is 0 Å². The van der Waals surface area contributed by atoms with Crippen LogP contribution in [0.1, 0.15) is 44.4 Å². The Bertz CT molecular complexity index is 723. The molecular formula is C17H21N3O2. The van der Waals surface area contributed by atoms with Crippen molar-refractivity contribution in [2.75, 3.05) is 11.9 Å². The Balaban J connectivity index is 2.40. The maximum absolute atomic E-state index is 11.7. The van der Waals surface area contributed by atoms with Gasteiger partial charge in [-0.1, -0.05) is 25.2 Å². The fourth-order valence-electron chi connectivity index (χ4n) is 2.09. The molecule has 0 aromatic carbocycles. The summed E-state index contributed by atoms with van der Waals surface area (Å²) in [5.74, 6) is 6.30. The fraction of sp³-hybridized carbons (Fsp3) is 0.412. The second-order valence-electron chi connectivity index (χ2n) is 4.97. The summed E-state index contributed by atoms with van der Waals surface area (Å²) in [6.07, 6.45) is 6.30. The van der Waals surface area contributed by atoms with Gasteiger partial charge < -0.3 is 9.14 Å². The molecule has 0 unspecified atom stereocenters. The highest BCUT2D eigenvalue weighted by Crippen LogP contribution is 2.20. The number of ether oxygens (including phenoxy) is 1. The Kier molecular flexibility index (Phi) is 5.42. The molecule has 0 saturated carbocycles. The molecule has 0 aliphatic carbocycles. The van der Waals surface area contributed by atoms with Crippen molar-refractivity contribution in [1.29, 1.82) is 0 Å². The number of rotatable bonds is 4. The quantitative estimate of drug-likeness (QED) is 0.691. The van der Waals surface area contributed by atoms with Crippen molar-refractivity contribution < 1.29 is 9.53 Å². The first-order valence-electron chi connectivity index (χ1n) is 7.56. The number of unbranched alkanes of at least 4 members (excludes halogenated alkanes) is 2. The van der Waals surface area contributed by atoms with Gasteiger partial charge in [0.15, 0.2) is 5.65 Å². The zero-order valence-corrected chi connectivity index (χ0v) is 13.3. The van der Waals surface area contributed by atoms with Crippen molar-refractivity contribution in [1.82, 2.24) is 9.38 Å². The Morgan fingerprint density at radius 1 is 1.45 bits per heavy atom. The summed E-state index contributed by atoms with van der Waals surface area (Å²) in [6.45, 7) is 6.16. The average Bonchev–Trinajstić information content (AvgIpc) is 2.86. The van der Waals surface area contributed by atoms with Gasteiger partial charge in [0.1, 0.15) is 0 Å². The number of fused-ring (bicyclic) bond motifs is 1. The van der Waals surface area contributed by atoms with E-state index in [0.29, 0.717) is 12.3 Å². The summed E-state index contributed by atoms with van der Waals surface area (Å²) < 4.78 is 6.85. The van der Waals surface area contributed by atoms with Crippen LogP contribution in [0.3, 0.4) is 0 Å². The lowest BCUT2D eigenvalue weighted by atomic mass is 10.2. The molecule has 0 saturated heterocycles. The van der Waals surface area contributed by atoms with Gasteiger partial charge in [-0.2, -0.15) is 0 Å². The van der Waals surface area contributed by atoms with Crippen molar-refractivity contribution in [3.05, 3.63) is 29.7 Å². The Morgan fingerprint density at radius 3 is 3.00 bits per heavy atom. The van der Waals surface area contributed by atoms with Crippen LogP contribution in [0.5, 0.6) is 0 Å². The SMILES string of the molecule is CCCCC#Cc1c(NC(=O)OCC)ccn2cc(C)nc12. The largest absolute Gasteiger partial charge is 0.450 e. The number of amides is 1. The van der Waals surface area contributed by atoms with E-state index in [1.165, 1.54) is 0 Å². The lowest BCUT2D eigenvalue weighted by Crippen LogP contribution is -2.14. The van der Waals surface area contributed by atoms with Crippen molar-refractivity contribution in [2.24, 2.45) is 0 Å². The molecule has 1 N–H and O–H groups in total. The third-order valence-electron chi connectivity index (χ3n) is 3.13. The highest BCUT2D eigenvalue weighted by molar-refractivity contribution is 5.88. The average molecular weight is 299 g/mol. The number of aromatic nitrogens is 2. The minimum Gasteiger partial charge on any atom is -0.450 e. The van der Waals surface area contributed by atoms with Crippen LogP contribution in [0, 0.1) is 18.8 Å². The van der Waals surface area contributed by atoms with E-state index in [1.54, 1.807) is 6.92 Å². The van der Waals surface area contributed by atoms with Crippen LogP contribution < -0.4 is 5.32 Å². The van der Waals surface area contributed by atoms with Crippen LogP contribution in [0.25, 0.3) is 5.65 Å². The van der Waals surface area contributed by atoms with Gasteiger partial charge in [0.25, 0.3) is 0 Å². The molecule has 116 valence electrons. The first-order valence-corrected chi connectivity index (χ1v) is 7.56. The summed E-state index contributed by atoms with van der Waals surface area (Å²) in [7, 11) is 0. The molecule has 5 heteroatoms. The Hall–Kier alpha value is -2.48. The molecule has 1 amide bonds. The molecule has 0 spiro atoms. The number of aryl methyl sites for hydroxylation is 1. The number of pyridine rings is 1. The van der Waals surface area contributed by atoms with Crippen LogP contribution in [-0.2, 0) is 4.74 Å². The lowest BCUT2D eigenvalue weighted by Gasteiger charge is -2.08. The zero-order valence-electron chi connectivity index (χ0n) is 13.3. The first kappa shape index (κ1) is 15.9. The molecule has 2 aromatic rings. The van der Waals surface area contributed by atoms with Gasteiger partial charge >= 0.3 is 6.09 Å². The van der Waals surface area contributed by atoms with Gasteiger partial charge in [0.05, 0.1) is 23.6 Å². The van der Waals surface area contributed by atoms with E-state index in [0.717, 1.165) is 36.2 Å². The van der Waals surface area contributed by atoms with Gasteiger partial charge in [-0.05, 0) is 26.3 Å². The second kappa shape index (κ2) is 7.51. The molecule has 0 aliphatic heterocycles. The van der Waals surface area contributed by atoms with E-state index >= 15 is 0 Å². The van der Waals surface area contributed by atoms with Crippen molar-refractivity contribution in [3.63, 3.8) is 0 Å². The summed E-state index contributed by atoms with van der Waals surface area (Å²) >= 11 is 0. The fourth-order valence-corrected chi connectivity index (χ4v) is 2.09. The van der Waals surface area contributed by atoms with Crippen molar-refractivity contribution in [2.45, 2.75) is 40.0 Å². The van der Waals surface area contributed by atoms with E-state index in [9.17, 15) is 4.79 Å². The molecule has 2 aromatic heterocycles. The summed E-state index contributed by atoms with van der Waals surface area (Å²) in [5, 5.41) is 2.74. The topological polar surface area (TPSA) is 55.6 Å². The van der Waals surface area contributed by atoms with Gasteiger partial charge in [0.2, 0.25) is 0 Å². The number of hydrogen-bond donors (Lipinski definition) is 1. The molecule has 2 rings (SSSR count). The molecule has 0 aliphatic rings. The van der Waals surface area contributed by atoms with E-state index in [2.05, 4.69) is 29.1 Å². The van der Waals surface area contributed by atoms with Crippen LogP contribution in [0.4, 0.5) is 10.5 Å². The lowest BCUT2D eigenvalue weighted by molar-refractivity contribution is 0.168. The molecule has 0 bridgehead atoms. The van der Waals surface area contributed by atoms with Crippen molar-refractivity contribution in [3.8, 4) is 11.8 Å². The van der Waals surface area contributed by atoms with Crippen LogP contribution in [0.2, 0.25) is 0 Å². The molecule has 5 nitrogen and oxygen atoms in total. The zero-order chi connectivity index (χ0) is 15.9. The Labute approximate surface area is 130 Å². The minimum atomic E-state index is -0.480. The van der Waals surface area contributed by atoms with Gasteiger partial charge in [-0.3, -0.25) is 5.32 Å². The predicted molar refractivity (Wildman–Crippen MR) is 87.0 cm³/mol. The summed E-state index contributed by atoms with van der Waals surface area (Å²) in [6, 6.07) is 1.81. The minimum absolute atomic E-state index is 0.327. The predicted octanol–water partition coefficient (Wildman–Crippen LogP) is 3.75. The number of imidazole rings is 1. The van der Waals surface area contributed by atoms with Gasteiger partial charge in [0, 0.05) is 18.8 Å². The van der Waals surface area contributed by atoms with Crippen LogP contribution >= 0.6 is 0 Å². The third-order valence-corrected chi connectivity index (χ3v) is 3.13. The van der Waals surface area contributed by atoms with Crippen molar-refractivity contribution >= 4 is 17.4 Å². The monoisotopic (exact) mass is 299 g/mol. The van der Waals surface area contributed by atoms with Crippen LogP contribution in [-0.4, -0.2) is 22.1 Å². The number of nitrogens with one attached hydrogen (secondary N) is 1. The Morgan fingerprint density at radius 2 is 2.27 bits per heavy atom. The number of carbonyl (C=O) groups excluding carboxylic acids is 1. The summed E-state index contributed by atoms with van der Waals surface area (Å²) in [5.41, 5.74) is 3.00.